The standard InChI is InChI=1S/C10H19N5O4S2/c1-14-7-9(10(11)12-14)21(18,19)13-8-3-5-15(6-4-8)20(2,16)17/h7-8,13H,3-6H2,1-2H3,(H2,11,12). The number of nitrogens with zero attached hydrogens (tertiary/aromatic N) is 3. The predicted molar refractivity (Wildman–Crippen MR) is 77.4 cm³/mol. The summed E-state index contributed by atoms with van der Waals surface area (Å²) >= 11 is 0. The van der Waals surface area contributed by atoms with E-state index in [-0.39, 0.29) is 16.8 Å². The number of aryl methyl sites for hydroxylation is 1. The predicted octanol–water partition coefficient (Wildman–Crippen LogP) is -1.30. The van der Waals surface area contributed by atoms with Gasteiger partial charge in [-0.15, -0.1) is 0 Å². The number of hydrogen-bond acceptors (Lipinski definition) is 6. The van der Waals surface area contributed by atoms with Crippen molar-refractivity contribution in [2.75, 3.05) is 25.1 Å². The van der Waals surface area contributed by atoms with Gasteiger partial charge in [-0.25, -0.2) is 25.9 Å². The molecule has 2 heterocycles. The number of anilines is 1. The molecule has 11 heteroatoms. The Morgan fingerprint density at radius 1 is 1.29 bits per heavy atom. The van der Waals surface area contributed by atoms with Gasteiger partial charge in [0, 0.05) is 32.4 Å². The molecule has 1 aliphatic rings. The zero-order chi connectivity index (χ0) is 15.8. The van der Waals surface area contributed by atoms with Crippen LogP contribution in [-0.4, -0.2) is 56.3 Å². The molecule has 1 fully saturated rings. The van der Waals surface area contributed by atoms with Gasteiger partial charge < -0.3 is 5.73 Å². The summed E-state index contributed by atoms with van der Waals surface area (Å²) in [4.78, 5) is -0.0597. The molecule has 0 spiro atoms. The first-order valence-corrected chi connectivity index (χ1v) is 9.69. The molecule has 1 aliphatic heterocycles. The largest absolute Gasteiger partial charge is 0.381 e. The number of rotatable bonds is 4. The van der Waals surface area contributed by atoms with Crippen molar-refractivity contribution in [1.82, 2.24) is 18.8 Å². The minimum atomic E-state index is -3.75. The van der Waals surface area contributed by atoms with E-state index in [9.17, 15) is 16.8 Å². The fourth-order valence-electron chi connectivity index (χ4n) is 2.28. The monoisotopic (exact) mass is 337 g/mol. The molecule has 0 unspecified atom stereocenters. The Labute approximate surface area is 124 Å². The van der Waals surface area contributed by atoms with Gasteiger partial charge in [0.05, 0.1) is 6.26 Å². The van der Waals surface area contributed by atoms with Crippen LogP contribution < -0.4 is 10.5 Å². The highest BCUT2D eigenvalue weighted by atomic mass is 32.2. The van der Waals surface area contributed by atoms with Crippen LogP contribution in [0.4, 0.5) is 5.82 Å². The molecule has 0 bridgehead atoms. The molecule has 1 aromatic rings. The Kier molecular flexibility index (Phi) is 4.29. The highest BCUT2D eigenvalue weighted by molar-refractivity contribution is 7.89. The normalized spacial score (nSPS) is 19.0. The fourth-order valence-corrected chi connectivity index (χ4v) is 4.56. The topological polar surface area (TPSA) is 127 Å². The zero-order valence-corrected chi connectivity index (χ0v) is 13.5. The van der Waals surface area contributed by atoms with Crippen molar-refractivity contribution >= 4 is 25.9 Å². The maximum absolute atomic E-state index is 12.2. The first kappa shape index (κ1) is 16.2. The molecular formula is C10H19N5O4S2. The van der Waals surface area contributed by atoms with Gasteiger partial charge in [-0.2, -0.15) is 5.10 Å². The van der Waals surface area contributed by atoms with Crippen LogP contribution in [0.15, 0.2) is 11.1 Å². The molecular weight excluding hydrogens is 318 g/mol. The Balaban J connectivity index is 2.05. The highest BCUT2D eigenvalue weighted by Gasteiger charge is 2.29. The van der Waals surface area contributed by atoms with E-state index >= 15 is 0 Å². The minimum absolute atomic E-state index is 0.0569. The fraction of sp³-hybridized carbons (Fsp3) is 0.700. The molecule has 21 heavy (non-hydrogen) atoms. The second kappa shape index (κ2) is 5.55. The minimum Gasteiger partial charge on any atom is -0.381 e. The van der Waals surface area contributed by atoms with Crippen LogP contribution in [-0.2, 0) is 27.1 Å². The summed E-state index contributed by atoms with van der Waals surface area (Å²) in [5.74, 6) is -0.0569. The van der Waals surface area contributed by atoms with E-state index in [0.717, 1.165) is 6.26 Å². The number of nitrogen functional groups attached to an aromatic ring is 1. The van der Waals surface area contributed by atoms with E-state index < -0.39 is 20.0 Å². The number of piperidine rings is 1. The van der Waals surface area contributed by atoms with Gasteiger partial charge in [-0.3, -0.25) is 4.68 Å². The first-order chi connectivity index (χ1) is 9.59. The van der Waals surface area contributed by atoms with Crippen molar-refractivity contribution in [1.29, 1.82) is 0 Å². The molecule has 1 saturated heterocycles. The van der Waals surface area contributed by atoms with Crippen LogP contribution in [0.2, 0.25) is 0 Å². The molecule has 0 saturated carbocycles. The summed E-state index contributed by atoms with van der Waals surface area (Å²) in [5, 5.41) is 3.80. The van der Waals surface area contributed by atoms with E-state index in [1.165, 1.54) is 15.2 Å². The average Bonchev–Trinajstić information content (AvgIpc) is 2.68. The zero-order valence-electron chi connectivity index (χ0n) is 11.9. The van der Waals surface area contributed by atoms with Crippen LogP contribution in [0, 0.1) is 0 Å². The lowest BCUT2D eigenvalue weighted by atomic mass is 10.1. The second-order valence-corrected chi connectivity index (χ2v) is 8.77. The van der Waals surface area contributed by atoms with Gasteiger partial charge in [-0.1, -0.05) is 0 Å². The van der Waals surface area contributed by atoms with Crippen LogP contribution in [0.3, 0.4) is 0 Å². The third kappa shape index (κ3) is 3.73. The molecule has 0 aromatic carbocycles. The Morgan fingerprint density at radius 2 is 1.86 bits per heavy atom. The van der Waals surface area contributed by atoms with Crippen molar-refractivity contribution in [2.45, 2.75) is 23.8 Å². The number of aromatic nitrogens is 2. The number of sulfonamides is 2. The third-order valence-corrected chi connectivity index (χ3v) is 6.20. The Hall–Kier alpha value is -1.17. The summed E-state index contributed by atoms with van der Waals surface area (Å²) in [6, 6.07) is -0.312. The average molecular weight is 337 g/mol. The van der Waals surface area contributed by atoms with Crippen molar-refractivity contribution in [3.63, 3.8) is 0 Å². The van der Waals surface area contributed by atoms with Gasteiger partial charge in [-0.05, 0) is 12.8 Å². The molecule has 2 rings (SSSR count). The maximum atomic E-state index is 12.2. The van der Waals surface area contributed by atoms with Gasteiger partial charge >= 0.3 is 0 Å². The molecule has 1 aromatic heterocycles. The Morgan fingerprint density at radius 3 is 2.29 bits per heavy atom. The van der Waals surface area contributed by atoms with Gasteiger partial charge in [0.2, 0.25) is 20.0 Å². The summed E-state index contributed by atoms with van der Waals surface area (Å²) in [5.41, 5.74) is 5.57. The van der Waals surface area contributed by atoms with E-state index in [1.54, 1.807) is 7.05 Å². The van der Waals surface area contributed by atoms with E-state index in [2.05, 4.69) is 9.82 Å². The molecule has 0 aliphatic carbocycles. The van der Waals surface area contributed by atoms with Crippen molar-refractivity contribution in [3.05, 3.63) is 6.20 Å². The molecule has 0 atom stereocenters. The molecule has 9 nitrogen and oxygen atoms in total. The quantitative estimate of drug-likeness (QED) is 0.703. The first-order valence-electron chi connectivity index (χ1n) is 6.36. The maximum Gasteiger partial charge on any atom is 0.246 e. The van der Waals surface area contributed by atoms with Crippen molar-refractivity contribution < 1.29 is 16.8 Å². The number of nitrogens with two attached hydrogens (primary N) is 1. The third-order valence-electron chi connectivity index (χ3n) is 3.36. The smallest absolute Gasteiger partial charge is 0.246 e. The van der Waals surface area contributed by atoms with Crippen LogP contribution in [0.25, 0.3) is 0 Å². The highest BCUT2D eigenvalue weighted by Crippen LogP contribution is 2.19. The summed E-state index contributed by atoms with van der Waals surface area (Å²) in [6.45, 7) is 0.600. The lowest BCUT2D eigenvalue weighted by Gasteiger charge is -2.30. The van der Waals surface area contributed by atoms with Crippen LogP contribution >= 0.6 is 0 Å². The summed E-state index contributed by atoms with van der Waals surface area (Å²) in [7, 11) is -5.39. The molecule has 0 radical (unpaired) electrons. The van der Waals surface area contributed by atoms with Crippen molar-refractivity contribution in [3.8, 4) is 0 Å². The van der Waals surface area contributed by atoms with Gasteiger partial charge in [0.1, 0.15) is 4.90 Å². The van der Waals surface area contributed by atoms with E-state index in [0.29, 0.717) is 25.9 Å². The summed E-state index contributed by atoms with van der Waals surface area (Å²) in [6.07, 6.45) is 3.33. The lowest BCUT2D eigenvalue weighted by molar-refractivity contribution is 0.310. The van der Waals surface area contributed by atoms with Gasteiger partial charge in [0.25, 0.3) is 0 Å². The number of nitrogens with one attached hydrogen (secondary N) is 1. The van der Waals surface area contributed by atoms with E-state index in [1.807, 2.05) is 0 Å². The second-order valence-electron chi connectivity index (χ2n) is 5.11. The summed E-state index contributed by atoms with van der Waals surface area (Å²) < 4.78 is 52.5. The van der Waals surface area contributed by atoms with Crippen LogP contribution in [0.1, 0.15) is 12.8 Å². The van der Waals surface area contributed by atoms with E-state index in [4.69, 9.17) is 5.73 Å². The lowest BCUT2D eigenvalue weighted by Crippen LogP contribution is -2.46. The number of hydrogen-bond donors (Lipinski definition) is 2. The molecule has 3 N–H and O–H groups in total. The van der Waals surface area contributed by atoms with Gasteiger partial charge in [0.15, 0.2) is 5.82 Å². The molecule has 120 valence electrons. The van der Waals surface area contributed by atoms with Crippen molar-refractivity contribution in [2.24, 2.45) is 7.05 Å². The SMILES string of the molecule is Cn1cc(S(=O)(=O)NC2CCN(S(C)(=O)=O)CC2)c(N)n1. The Bertz CT molecular complexity index is 717. The van der Waals surface area contributed by atoms with Crippen LogP contribution in [0.5, 0.6) is 0 Å². The molecule has 0 amide bonds.